The summed E-state index contributed by atoms with van der Waals surface area (Å²) in [5, 5.41) is 0. The van der Waals surface area contributed by atoms with Crippen LogP contribution in [0.4, 0.5) is 0 Å². The van der Waals surface area contributed by atoms with Crippen molar-refractivity contribution in [2.45, 2.75) is 32.7 Å². The van der Waals surface area contributed by atoms with Crippen LogP contribution in [0.2, 0.25) is 0 Å². The summed E-state index contributed by atoms with van der Waals surface area (Å²) in [5.74, 6) is 1.78. The molecule has 0 bridgehead atoms. The van der Waals surface area contributed by atoms with Crippen LogP contribution in [0.1, 0.15) is 36.9 Å². The fourth-order valence-corrected chi connectivity index (χ4v) is 1.75. The lowest BCUT2D eigenvalue weighted by molar-refractivity contribution is 0.299. The van der Waals surface area contributed by atoms with Crippen LogP contribution in [0.3, 0.4) is 0 Å². The van der Waals surface area contributed by atoms with Crippen LogP contribution in [0.25, 0.3) is 0 Å². The zero-order valence-electron chi connectivity index (χ0n) is 9.90. The number of hydrogen-bond donors (Lipinski definition) is 1. The molecule has 1 atom stereocenters. The molecule has 0 amide bonds. The smallest absolute Gasteiger partial charge is 0.119 e. The molecule has 1 unspecified atom stereocenters. The van der Waals surface area contributed by atoms with Gasteiger partial charge in [-0.2, -0.15) is 0 Å². The first-order valence-corrected chi connectivity index (χ1v) is 5.65. The first-order chi connectivity index (χ1) is 7.16. The molecule has 1 aliphatic rings. The van der Waals surface area contributed by atoms with Crippen molar-refractivity contribution in [3.63, 3.8) is 0 Å². The monoisotopic (exact) mass is 241 g/mol. The highest BCUT2D eigenvalue weighted by atomic mass is 35.5. The van der Waals surface area contributed by atoms with E-state index in [-0.39, 0.29) is 18.4 Å². The van der Waals surface area contributed by atoms with Gasteiger partial charge in [0, 0.05) is 6.04 Å². The Kier molecular flexibility index (Phi) is 4.63. The van der Waals surface area contributed by atoms with E-state index in [1.807, 2.05) is 13.0 Å². The van der Waals surface area contributed by atoms with Gasteiger partial charge in [-0.15, -0.1) is 12.4 Å². The van der Waals surface area contributed by atoms with Gasteiger partial charge in [-0.25, -0.2) is 0 Å². The van der Waals surface area contributed by atoms with Crippen molar-refractivity contribution in [3.8, 4) is 5.75 Å². The summed E-state index contributed by atoms with van der Waals surface area (Å²) in [6.07, 6.45) is 2.66. The van der Waals surface area contributed by atoms with Gasteiger partial charge in [-0.1, -0.05) is 6.07 Å². The maximum Gasteiger partial charge on any atom is 0.119 e. The Bertz CT molecular complexity index is 348. The quantitative estimate of drug-likeness (QED) is 0.879. The molecule has 2 rings (SSSR count). The highest BCUT2D eigenvalue weighted by Crippen LogP contribution is 2.30. The molecular weight excluding hydrogens is 222 g/mol. The van der Waals surface area contributed by atoms with E-state index < -0.39 is 0 Å². The topological polar surface area (TPSA) is 35.2 Å². The molecule has 1 aliphatic carbocycles. The Morgan fingerprint density at radius 2 is 2.12 bits per heavy atom. The van der Waals surface area contributed by atoms with Gasteiger partial charge in [-0.05, 0) is 55.9 Å². The van der Waals surface area contributed by atoms with Gasteiger partial charge in [0.05, 0.1) is 6.61 Å². The Labute approximate surface area is 104 Å². The molecule has 0 spiro atoms. The van der Waals surface area contributed by atoms with Crippen molar-refractivity contribution in [2.24, 2.45) is 11.7 Å². The second-order valence-electron chi connectivity index (χ2n) is 4.56. The largest absolute Gasteiger partial charge is 0.493 e. The summed E-state index contributed by atoms with van der Waals surface area (Å²) in [4.78, 5) is 0. The Morgan fingerprint density at radius 1 is 1.44 bits per heavy atom. The third kappa shape index (κ3) is 3.39. The van der Waals surface area contributed by atoms with E-state index in [1.54, 1.807) is 0 Å². The number of rotatable bonds is 4. The second kappa shape index (κ2) is 5.55. The molecule has 1 aromatic carbocycles. The van der Waals surface area contributed by atoms with E-state index in [2.05, 4.69) is 19.1 Å². The third-order valence-electron chi connectivity index (χ3n) is 2.91. The number of aryl methyl sites for hydroxylation is 1. The minimum Gasteiger partial charge on any atom is -0.493 e. The van der Waals surface area contributed by atoms with E-state index in [4.69, 9.17) is 10.5 Å². The van der Waals surface area contributed by atoms with Crippen LogP contribution in [-0.2, 0) is 0 Å². The molecule has 0 aromatic heterocycles. The first-order valence-electron chi connectivity index (χ1n) is 5.65. The summed E-state index contributed by atoms with van der Waals surface area (Å²) in [6.45, 7) is 4.96. The van der Waals surface area contributed by atoms with Crippen molar-refractivity contribution in [1.29, 1.82) is 0 Å². The van der Waals surface area contributed by atoms with Gasteiger partial charge in [-0.3, -0.25) is 0 Å². The molecule has 90 valence electrons. The maximum absolute atomic E-state index is 5.86. The van der Waals surface area contributed by atoms with Crippen molar-refractivity contribution in [3.05, 3.63) is 29.3 Å². The van der Waals surface area contributed by atoms with Crippen LogP contribution in [0.5, 0.6) is 5.75 Å². The summed E-state index contributed by atoms with van der Waals surface area (Å²) in [5.41, 5.74) is 8.28. The van der Waals surface area contributed by atoms with Gasteiger partial charge in [0.1, 0.15) is 5.75 Å². The molecule has 0 heterocycles. The lowest BCUT2D eigenvalue weighted by Crippen LogP contribution is -2.07. The van der Waals surface area contributed by atoms with Gasteiger partial charge in [0.15, 0.2) is 0 Å². The standard InChI is InChI=1S/C13H19NO.ClH/c1-9-7-12(15-8-11-3-4-11)5-6-13(9)10(2)14;/h5-7,10-11H,3-4,8,14H2,1-2H3;1H. The van der Waals surface area contributed by atoms with Crippen LogP contribution < -0.4 is 10.5 Å². The molecule has 1 aromatic rings. The van der Waals surface area contributed by atoms with Crippen molar-refractivity contribution >= 4 is 12.4 Å². The summed E-state index contributed by atoms with van der Waals surface area (Å²) >= 11 is 0. The number of ether oxygens (including phenoxy) is 1. The van der Waals surface area contributed by atoms with Gasteiger partial charge < -0.3 is 10.5 Å². The van der Waals surface area contributed by atoms with Crippen LogP contribution in [-0.4, -0.2) is 6.61 Å². The Balaban J connectivity index is 0.00000128. The minimum atomic E-state index is 0. The zero-order chi connectivity index (χ0) is 10.8. The van der Waals surface area contributed by atoms with E-state index in [9.17, 15) is 0 Å². The number of nitrogens with two attached hydrogens (primary N) is 1. The molecule has 2 N–H and O–H groups in total. The molecule has 2 nitrogen and oxygen atoms in total. The molecule has 1 saturated carbocycles. The van der Waals surface area contributed by atoms with E-state index in [1.165, 1.54) is 24.0 Å². The van der Waals surface area contributed by atoms with E-state index in [0.717, 1.165) is 18.3 Å². The Hall–Kier alpha value is -0.730. The lowest BCUT2D eigenvalue weighted by Gasteiger charge is -2.12. The number of hydrogen-bond acceptors (Lipinski definition) is 2. The molecule has 3 heteroatoms. The van der Waals surface area contributed by atoms with Gasteiger partial charge >= 0.3 is 0 Å². The van der Waals surface area contributed by atoms with E-state index in [0.29, 0.717) is 0 Å². The van der Waals surface area contributed by atoms with Crippen LogP contribution >= 0.6 is 12.4 Å². The second-order valence-corrected chi connectivity index (χ2v) is 4.56. The average molecular weight is 242 g/mol. The molecule has 0 saturated heterocycles. The third-order valence-corrected chi connectivity index (χ3v) is 2.91. The van der Waals surface area contributed by atoms with Gasteiger partial charge in [0.2, 0.25) is 0 Å². The van der Waals surface area contributed by atoms with Crippen LogP contribution in [0.15, 0.2) is 18.2 Å². The first kappa shape index (κ1) is 13.3. The SMILES string of the molecule is Cc1cc(OCC2CC2)ccc1C(C)N.Cl. The fourth-order valence-electron chi connectivity index (χ4n) is 1.75. The van der Waals surface area contributed by atoms with Crippen LogP contribution in [0, 0.1) is 12.8 Å². The molecule has 0 aliphatic heterocycles. The molecule has 1 fully saturated rings. The van der Waals surface area contributed by atoms with Gasteiger partial charge in [0.25, 0.3) is 0 Å². The highest BCUT2D eigenvalue weighted by molar-refractivity contribution is 5.85. The predicted molar refractivity (Wildman–Crippen MR) is 69.2 cm³/mol. The Morgan fingerprint density at radius 3 is 2.62 bits per heavy atom. The molecule has 16 heavy (non-hydrogen) atoms. The lowest BCUT2D eigenvalue weighted by atomic mass is 10.0. The van der Waals surface area contributed by atoms with Crippen molar-refractivity contribution in [1.82, 2.24) is 0 Å². The molecule has 0 radical (unpaired) electrons. The molecular formula is C13H20ClNO. The summed E-state index contributed by atoms with van der Waals surface area (Å²) < 4.78 is 5.70. The van der Waals surface area contributed by atoms with Crippen molar-refractivity contribution in [2.75, 3.05) is 6.61 Å². The maximum atomic E-state index is 5.86. The van der Waals surface area contributed by atoms with Crippen molar-refractivity contribution < 1.29 is 4.74 Å². The normalized spacial score (nSPS) is 16.4. The average Bonchev–Trinajstić information content (AvgIpc) is 2.97. The predicted octanol–water partition coefficient (Wildman–Crippen LogP) is 3.23. The zero-order valence-corrected chi connectivity index (χ0v) is 10.7. The minimum absolute atomic E-state index is 0. The fraction of sp³-hybridized carbons (Fsp3) is 0.538. The highest BCUT2D eigenvalue weighted by Gasteiger charge is 2.21. The number of halogens is 1. The van der Waals surface area contributed by atoms with E-state index >= 15 is 0 Å². The number of benzene rings is 1. The summed E-state index contributed by atoms with van der Waals surface area (Å²) in [6, 6.07) is 6.28. The summed E-state index contributed by atoms with van der Waals surface area (Å²) in [7, 11) is 0.